The number of carbonyl (C=O) groups excluding carboxylic acids is 1. The van der Waals surface area contributed by atoms with E-state index in [-0.39, 0.29) is 19.0 Å². The fourth-order valence-electron chi connectivity index (χ4n) is 1.12. The van der Waals surface area contributed by atoms with Gasteiger partial charge in [0.25, 0.3) is 0 Å². The SMILES string of the molecule is CN(CCCC(=O)O)C(=O)NCc1nn[nH]n1. The van der Waals surface area contributed by atoms with Crippen LogP contribution in [-0.4, -0.2) is 56.2 Å². The number of carboxylic acid groups (broad SMARTS) is 1. The van der Waals surface area contributed by atoms with Crippen LogP contribution in [0.2, 0.25) is 0 Å². The molecule has 9 heteroatoms. The Kier molecular flexibility index (Phi) is 4.85. The summed E-state index contributed by atoms with van der Waals surface area (Å²) in [5, 5.41) is 24.0. The molecule has 17 heavy (non-hydrogen) atoms. The van der Waals surface area contributed by atoms with Gasteiger partial charge in [0.2, 0.25) is 0 Å². The number of nitrogens with zero attached hydrogens (tertiary/aromatic N) is 4. The Hall–Kier alpha value is -2.19. The first-order chi connectivity index (χ1) is 8.09. The highest BCUT2D eigenvalue weighted by Crippen LogP contribution is 1.94. The Balaban J connectivity index is 2.20. The second-order valence-electron chi connectivity index (χ2n) is 3.41. The Morgan fingerprint density at radius 3 is 2.88 bits per heavy atom. The van der Waals surface area contributed by atoms with Crippen LogP contribution in [0.5, 0.6) is 0 Å². The van der Waals surface area contributed by atoms with Gasteiger partial charge in [-0.05, 0) is 6.42 Å². The lowest BCUT2D eigenvalue weighted by molar-refractivity contribution is -0.137. The van der Waals surface area contributed by atoms with Crippen molar-refractivity contribution in [2.45, 2.75) is 19.4 Å². The molecule has 0 saturated heterocycles. The summed E-state index contributed by atoms with van der Waals surface area (Å²) < 4.78 is 0. The highest BCUT2D eigenvalue weighted by molar-refractivity contribution is 5.73. The van der Waals surface area contributed by atoms with E-state index in [0.29, 0.717) is 18.8 Å². The molecule has 9 nitrogen and oxygen atoms in total. The summed E-state index contributed by atoms with van der Waals surface area (Å²) in [4.78, 5) is 23.2. The van der Waals surface area contributed by atoms with Crippen molar-refractivity contribution in [3.05, 3.63) is 5.82 Å². The quantitative estimate of drug-likeness (QED) is 0.600. The summed E-state index contributed by atoms with van der Waals surface area (Å²) in [7, 11) is 1.59. The predicted molar refractivity (Wildman–Crippen MR) is 55.9 cm³/mol. The minimum Gasteiger partial charge on any atom is -0.481 e. The third kappa shape index (κ3) is 4.91. The smallest absolute Gasteiger partial charge is 0.317 e. The molecule has 0 radical (unpaired) electrons. The monoisotopic (exact) mass is 242 g/mol. The van der Waals surface area contributed by atoms with Crippen molar-refractivity contribution in [1.82, 2.24) is 30.8 Å². The summed E-state index contributed by atoms with van der Waals surface area (Å²) in [5.74, 6) is -0.483. The lowest BCUT2D eigenvalue weighted by Gasteiger charge is -2.16. The molecule has 2 amide bonds. The van der Waals surface area contributed by atoms with Crippen molar-refractivity contribution in [3.63, 3.8) is 0 Å². The third-order valence-corrected chi connectivity index (χ3v) is 2.02. The van der Waals surface area contributed by atoms with E-state index in [2.05, 4.69) is 25.9 Å². The van der Waals surface area contributed by atoms with E-state index in [1.54, 1.807) is 7.05 Å². The lowest BCUT2D eigenvalue weighted by Crippen LogP contribution is -2.37. The van der Waals surface area contributed by atoms with Crippen molar-refractivity contribution in [2.75, 3.05) is 13.6 Å². The molecule has 3 N–H and O–H groups in total. The summed E-state index contributed by atoms with van der Waals surface area (Å²) in [6, 6.07) is -0.305. The van der Waals surface area contributed by atoms with Crippen LogP contribution >= 0.6 is 0 Å². The van der Waals surface area contributed by atoms with Gasteiger partial charge in [-0.15, -0.1) is 10.2 Å². The number of hydrogen-bond donors (Lipinski definition) is 3. The Morgan fingerprint density at radius 2 is 2.29 bits per heavy atom. The van der Waals surface area contributed by atoms with Crippen LogP contribution in [0.3, 0.4) is 0 Å². The number of nitrogens with one attached hydrogen (secondary N) is 2. The minimum absolute atomic E-state index is 0.0441. The first kappa shape index (κ1) is 12.9. The van der Waals surface area contributed by atoms with Crippen LogP contribution in [0.1, 0.15) is 18.7 Å². The standard InChI is InChI=1S/C8H14N6O3/c1-14(4-2-3-7(15)16)8(17)9-5-6-10-12-13-11-6/h2-5H2,1H3,(H,9,17)(H,15,16)(H,10,11,12,13). The second kappa shape index (κ2) is 6.40. The average Bonchev–Trinajstić information content (AvgIpc) is 2.78. The van der Waals surface area contributed by atoms with Gasteiger partial charge in [0.05, 0.1) is 6.54 Å². The van der Waals surface area contributed by atoms with Crippen LogP contribution in [-0.2, 0) is 11.3 Å². The van der Waals surface area contributed by atoms with Gasteiger partial charge < -0.3 is 15.3 Å². The van der Waals surface area contributed by atoms with E-state index in [1.807, 2.05) is 0 Å². The first-order valence-corrected chi connectivity index (χ1v) is 5.02. The molecule has 0 bridgehead atoms. The summed E-state index contributed by atoms with van der Waals surface area (Å²) in [5.41, 5.74) is 0. The number of carboxylic acids is 1. The molecule has 1 heterocycles. The number of aromatic nitrogens is 4. The van der Waals surface area contributed by atoms with E-state index >= 15 is 0 Å². The van der Waals surface area contributed by atoms with Gasteiger partial charge in [0, 0.05) is 20.0 Å². The highest BCUT2D eigenvalue weighted by atomic mass is 16.4. The molecule has 0 fully saturated rings. The number of urea groups is 1. The zero-order valence-electron chi connectivity index (χ0n) is 9.38. The van der Waals surface area contributed by atoms with Crippen LogP contribution in [0.15, 0.2) is 0 Å². The fraction of sp³-hybridized carbons (Fsp3) is 0.625. The van der Waals surface area contributed by atoms with E-state index in [1.165, 1.54) is 4.90 Å². The molecule has 1 rings (SSSR count). The number of aromatic amines is 1. The normalized spacial score (nSPS) is 9.94. The molecule has 0 atom stereocenters. The molecule has 0 aliphatic carbocycles. The number of hydrogen-bond acceptors (Lipinski definition) is 5. The number of H-pyrrole nitrogens is 1. The van der Waals surface area contributed by atoms with Crippen molar-refractivity contribution < 1.29 is 14.7 Å². The summed E-state index contributed by atoms with van der Waals surface area (Å²) >= 11 is 0. The molecule has 0 spiro atoms. The van der Waals surface area contributed by atoms with Gasteiger partial charge in [0.1, 0.15) is 0 Å². The molecule has 0 aliphatic rings. The fourth-order valence-corrected chi connectivity index (χ4v) is 1.12. The van der Waals surface area contributed by atoms with E-state index in [0.717, 1.165) is 0 Å². The molecule has 1 aromatic rings. The molecule has 0 aromatic carbocycles. The first-order valence-electron chi connectivity index (χ1n) is 5.02. The number of tetrazole rings is 1. The molecule has 0 saturated carbocycles. The minimum atomic E-state index is -0.870. The molecule has 1 aromatic heterocycles. The Labute approximate surface area is 97.2 Å². The summed E-state index contributed by atoms with van der Waals surface area (Å²) in [6.07, 6.45) is 0.462. The largest absolute Gasteiger partial charge is 0.481 e. The molecule has 0 unspecified atom stereocenters. The van der Waals surface area contributed by atoms with Crippen molar-refractivity contribution in [1.29, 1.82) is 0 Å². The maximum atomic E-state index is 11.5. The van der Waals surface area contributed by atoms with E-state index in [9.17, 15) is 9.59 Å². The van der Waals surface area contributed by atoms with Crippen molar-refractivity contribution in [2.24, 2.45) is 0 Å². The zero-order valence-corrected chi connectivity index (χ0v) is 9.38. The predicted octanol–water partition coefficient (Wildman–Crippen LogP) is -0.794. The van der Waals surface area contributed by atoms with Crippen LogP contribution in [0.4, 0.5) is 4.79 Å². The van der Waals surface area contributed by atoms with E-state index in [4.69, 9.17) is 5.11 Å². The molecule has 0 aliphatic heterocycles. The molecular weight excluding hydrogens is 228 g/mol. The van der Waals surface area contributed by atoms with Crippen molar-refractivity contribution in [3.8, 4) is 0 Å². The van der Waals surface area contributed by atoms with Crippen LogP contribution in [0, 0.1) is 0 Å². The van der Waals surface area contributed by atoms with Gasteiger partial charge >= 0.3 is 12.0 Å². The molecular formula is C8H14N6O3. The Morgan fingerprint density at radius 1 is 1.53 bits per heavy atom. The Bertz CT molecular complexity index is 365. The number of amides is 2. The van der Waals surface area contributed by atoms with E-state index < -0.39 is 5.97 Å². The topological polar surface area (TPSA) is 124 Å². The van der Waals surface area contributed by atoms with Gasteiger partial charge in [-0.25, -0.2) is 4.79 Å². The van der Waals surface area contributed by atoms with Gasteiger partial charge in [-0.2, -0.15) is 5.21 Å². The lowest BCUT2D eigenvalue weighted by atomic mass is 10.3. The summed E-state index contributed by atoms with van der Waals surface area (Å²) in [6.45, 7) is 0.559. The zero-order chi connectivity index (χ0) is 12.7. The number of rotatable bonds is 6. The van der Waals surface area contributed by atoms with Gasteiger partial charge in [-0.3, -0.25) is 4.79 Å². The van der Waals surface area contributed by atoms with Gasteiger partial charge in [0.15, 0.2) is 5.82 Å². The highest BCUT2D eigenvalue weighted by Gasteiger charge is 2.09. The van der Waals surface area contributed by atoms with Crippen LogP contribution in [0.25, 0.3) is 0 Å². The second-order valence-corrected chi connectivity index (χ2v) is 3.41. The van der Waals surface area contributed by atoms with Gasteiger partial charge in [-0.1, -0.05) is 5.21 Å². The third-order valence-electron chi connectivity index (χ3n) is 2.02. The average molecular weight is 242 g/mol. The number of aliphatic carboxylic acids is 1. The number of carbonyl (C=O) groups is 2. The maximum absolute atomic E-state index is 11.5. The van der Waals surface area contributed by atoms with Crippen LogP contribution < -0.4 is 5.32 Å². The molecule has 94 valence electrons. The van der Waals surface area contributed by atoms with Crippen molar-refractivity contribution >= 4 is 12.0 Å². The maximum Gasteiger partial charge on any atom is 0.317 e.